The van der Waals surface area contributed by atoms with Gasteiger partial charge in [-0.3, -0.25) is 0 Å². The fourth-order valence-corrected chi connectivity index (χ4v) is 3.06. The van der Waals surface area contributed by atoms with Gasteiger partial charge in [-0.25, -0.2) is 0 Å². The predicted molar refractivity (Wildman–Crippen MR) is 86.0 cm³/mol. The number of hydrogen-bond acceptors (Lipinski definition) is 2. The number of benzene rings is 1. The molecule has 0 bridgehead atoms. The summed E-state index contributed by atoms with van der Waals surface area (Å²) >= 11 is 0. The smallest absolute Gasteiger partial charge is 0.0553 e. The lowest BCUT2D eigenvalue weighted by atomic mass is 9.99. The van der Waals surface area contributed by atoms with Crippen molar-refractivity contribution in [2.75, 3.05) is 0 Å². The molecule has 2 rings (SSSR count). The first-order valence-electron chi connectivity index (χ1n) is 7.53. The van der Waals surface area contributed by atoms with Gasteiger partial charge < -0.3 is 14.8 Å². The quantitative estimate of drug-likeness (QED) is 0.888. The van der Waals surface area contributed by atoms with Gasteiger partial charge >= 0.3 is 0 Å². The van der Waals surface area contributed by atoms with Gasteiger partial charge in [-0.2, -0.15) is 0 Å². The average Bonchev–Trinajstić information content (AvgIpc) is 2.63. The fraction of sp³-hybridized carbons (Fsp3) is 0.444. The molecule has 0 saturated heterocycles. The zero-order valence-electron chi connectivity index (χ0n) is 13.3. The maximum absolute atomic E-state index is 9.79. The summed E-state index contributed by atoms with van der Waals surface area (Å²) in [4.78, 5) is 0. The second-order valence-corrected chi connectivity index (χ2v) is 5.91. The van der Waals surface area contributed by atoms with E-state index in [1.54, 1.807) is 13.8 Å². The summed E-state index contributed by atoms with van der Waals surface area (Å²) in [5, 5.41) is 19.6. The minimum absolute atomic E-state index is 0.387. The third-order valence-corrected chi connectivity index (χ3v) is 3.92. The topological polar surface area (TPSA) is 45.4 Å². The largest absolute Gasteiger partial charge is 0.393 e. The monoisotopic (exact) mass is 287 g/mol. The van der Waals surface area contributed by atoms with Gasteiger partial charge in [0.15, 0.2) is 0 Å². The first-order chi connectivity index (χ1) is 9.91. The van der Waals surface area contributed by atoms with Crippen LogP contribution in [-0.4, -0.2) is 27.0 Å². The van der Waals surface area contributed by atoms with E-state index in [2.05, 4.69) is 30.5 Å². The summed E-state index contributed by atoms with van der Waals surface area (Å²) in [6.07, 6.45) is 0.466. The third-order valence-electron chi connectivity index (χ3n) is 3.92. The molecule has 21 heavy (non-hydrogen) atoms. The normalized spacial score (nSPS) is 14.2. The molecule has 0 aliphatic carbocycles. The second-order valence-electron chi connectivity index (χ2n) is 5.91. The minimum atomic E-state index is -0.387. The number of rotatable bonds is 5. The van der Waals surface area contributed by atoms with Crippen LogP contribution in [0, 0.1) is 13.8 Å². The van der Waals surface area contributed by atoms with Crippen molar-refractivity contribution in [1.29, 1.82) is 0 Å². The highest BCUT2D eigenvalue weighted by molar-refractivity contribution is 5.46. The number of hydrogen-bond donors (Lipinski definition) is 2. The minimum Gasteiger partial charge on any atom is -0.393 e. The molecule has 0 fully saturated rings. The second kappa shape index (κ2) is 6.46. The van der Waals surface area contributed by atoms with Crippen molar-refractivity contribution in [3.8, 4) is 5.69 Å². The third kappa shape index (κ3) is 3.36. The summed E-state index contributed by atoms with van der Waals surface area (Å²) in [5.74, 6) is 0. The van der Waals surface area contributed by atoms with E-state index in [0.717, 1.165) is 28.2 Å². The maximum atomic E-state index is 9.79. The van der Waals surface area contributed by atoms with E-state index in [-0.39, 0.29) is 12.2 Å². The Balaban J connectivity index is 2.59. The molecular formula is C18H25NO2. The lowest BCUT2D eigenvalue weighted by Crippen LogP contribution is -2.10. The molecule has 0 spiro atoms. The summed E-state index contributed by atoms with van der Waals surface area (Å²) in [6, 6.07) is 10.2. The van der Waals surface area contributed by atoms with Crippen molar-refractivity contribution in [3.63, 3.8) is 0 Å². The number of nitrogens with zero attached hydrogens (tertiary/aromatic N) is 1. The molecule has 0 saturated carbocycles. The molecule has 0 aliphatic rings. The highest BCUT2D eigenvalue weighted by atomic mass is 16.3. The lowest BCUT2D eigenvalue weighted by molar-refractivity contribution is 0.189. The molecule has 2 atom stereocenters. The highest BCUT2D eigenvalue weighted by Crippen LogP contribution is 2.28. The number of aromatic nitrogens is 1. The van der Waals surface area contributed by atoms with Crippen molar-refractivity contribution >= 4 is 0 Å². The van der Waals surface area contributed by atoms with Crippen LogP contribution in [0.4, 0.5) is 0 Å². The summed E-state index contributed by atoms with van der Waals surface area (Å²) in [5.41, 5.74) is 5.74. The SMILES string of the molecule is Cc1c(CC(C)O)c(CC(C)O)c(C)n1-c1ccccc1. The van der Waals surface area contributed by atoms with E-state index in [1.165, 1.54) is 0 Å². The standard InChI is InChI=1S/C18H25NO2/c1-12(20)10-17-14(3)19(16-8-6-5-7-9-16)15(4)18(17)11-13(2)21/h5-9,12-13,20-21H,10-11H2,1-4H3. The zero-order valence-corrected chi connectivity index (χ0v) is 13.3. The Hall–Kier alpha value is -1.58. The van der Waals surface area contributed by atoms with Crippen LogP contribution in [0.5, 0.6) is 0 Å². The molecule has 3 heteroatoms. The summed E-state index contributed by atoms with van der Waals surface area (Å²) < 4.78 is 2.22. The van der Waals surface area contributed by atoms with Crippen LogP contribution in [-0.2, 0) is 12.8 Å². The van der Waals surface area contributed by atoms with Gasteiger partial charge in [0.05, 0.1) is 12.2 Å². The van der Waals surface area contributed by atoms with Gasteiger partial charge in [-0.05, 0) is 51.0 Å². The van der Waals surface area contributed by atoms with E-state index < -0.39 is 0 Å². The molecule has 2 N–H and O–H groups in total. The molecule has 0 aliphatic heterocycles. The Morgan fingerprint density at radius 3 is 1.67 bits per heavy atom. The first-order valence-corrected chi connectivity index (χ1v) is 7.53. The van der Waals surface area contributed by atoms with E-state index >= 15 is 0 Å². The van der Waals surface area contributed by atoms with Crippen LogP contribution < -0.4 is 0 Å². The molecular weight excluding hydrogens is 262 g/mol. The van der Waals surface area contributed by atoms with E-state index in [1.807, 2.05) is 18.2 Å². The molecule has 0 radical (unpaired) electrons. The van der Waals surface area contributed by atoms with Gasteiger partial charge in [0, 0.05) is 29.9 Å². The zero-order chi connectivity index (χ0) is 15.6. The molecule has 114 valence electrons. The number of para-hydroxylation sites is 1. The predicted octanol–water partition coefficient (Wildman–Crippen LogP) is 2.94. The molecule has 2 aromatic rings. The molecule has 2 unspecified atom stereocenters. The molecule has 1 aromatic carbocycles. The van der Waals surface area contributed by atoms with Crippen LogP contribution in [0.1, 0.15) is 36.4 Å². The molecule has 1 aromatic heterocycles. The van der Waals surface area contributed by atoms with Crippen molar-refractivity contribution in [2.45, 2.75) is 52.7 Å². The Bertz CT molecular complexity index is 564. The molecule has 0 amide bonds. The van der Waals surface area contributed by atoms with Gasteiger partial charge in [0.2, 0.25) is 0 Å². The van der Waals surface area contributed by atoms with E-state index in [9.17, 15) is 10.2 Å². The van der Waals surface area contributed by atoms with Gasteiger partial charge in [-0.15, -0.1) is 0 Å². The van der Waals surface area contributed by atoms with Crippen LogP contribution in [0.25, 0.3) is 5.69 Å². The number of aliphatic hydroxyl groups is 2. The van der Waals surface area contributed by atoms with Crippen LogP contribution in [0.3, 0.4) is 0 Å². The van der Waals surface area contributed by atoms with Crippen molar-refractivity contribution in [1.82, 2.24) is 4.57 Å². The van der Waals surface area contributed by atoms with Crippen molar-refractivity contribution in [3.05, 3.63) is 52.8 Å². The van der Waals surface area contributed by atoms with Gasteiger partial charge in [-0.1, -0.05) is 18.2 Å². The van der Waals surface area contributed by atoms with Crippen molar-refractivity contribution in [2.24, 2.45) is 0 Å². The Morgan fingerprint density at radius 1 is 0.857 bits per heavy atom. The highest BCUT2D eigenvalue weighted by Gasteiger charge is 2.20. The summed E-state index contributed by atoms with van der Waals surface area (Å²) in [7, 11) is 0. The Morgan fingerprint density at radius 2 is 1.29 bits per heavy atom. The van der Waals surface area contributed by atoms with Gasteiger partial charge in [0.25, 0.3) is 0 Å². The first kappa shape index (κ1) is 15.8. The summed E-state index contributed by atoms with van der Waals surface area (Å²) in [6.45, 7) is 7.79. The van der Waals surface area contributed by atoms with E-state index in [4.69, 9.17) is 0 Å². The van der Waals surface area contributed by atoms with Crippen molar-refractivity contribution < 1.29 is 10.2 Å². The molecule has 3 nitrogen and oxygen atoms in total. The Kier molecular flexibility index (Phi) is 4.86. The fourth-order valence-electron chi connectivity index (χ4n) is 3.06. The Labute approximate surface area is 126 Å². The van der Waals surface area contributed by atoms with Crippen LogP contribution >= 0.6 is 0 Å². The molecule has 1 heterocycles. The van der Waals surface area contributed by atoms with Gasteiger partial charge in [0.1, 0.15) is 0 Å². The average molecular weight is 287 g/mol. The van der Waals surface area contributed by atoms with E-state index in [0.29, 0.717) is 12.8 Å². The van der Waals surface area contributed by atoms with Crippen LogP contribution in [0.2, 0.25) is 0 Å². The lowest BCUT2D eigenvalue weighted by Gasteiger charge is -2.10. The number of aliphatic hydroxyl groups excluding tert-OH is 2. The maximum Gasteiger partial charge on any atom is 0.0553 e. The van der Waals surface area contributed by atoms with Crippen LogP contribution in [0.15, 0.2) is 30.3 Å².